The van der Waals surface area contributed by atoms with Crippen LogP contribution < -0.4 is 9.62 Å². The third kappa shape index (κ3) is 7.61. The lowest BCUT2D eigenvalue weighted by Gasteiger charge is -2.34. The van der Waals surface area contributed by atoms with Crippen molar-refractivity contribution in [1.82, 2.24) is 10.2 Å². The lowest BCUT2D eigenvalue weighted by atomic mass is 10.1. The normalized spacial score (nSPS) is 12.8. The first-order valence-corrected chi connectivity index (χ1v) is 15.0. The number of aryl methyl sites for hydroxylation is 1. The standard InChI is InChI=1S/C30H35ClFN3O4S/c1-5-22(4)33-30(37)27(6-2)34(19-23-13-16-25(32)17-14-23)29(36)20-35(28-18-24(31)15-12-21(28)3)40(38,39)26-10-8-7-9-11-26/h7-18,22,27H,5-6,19-20H2,1-4H3,(H,33,37)/t22-,27-/m1/s1. The van der Waals surface area contributed by atoms with Crippen molar-refractivity contribution in [3.63, 3.8) is 0 Å². The second-order valence-corrected chi connectivity index (χ2v) is 11.9. The molecule has 0 aromatic heterocycles. The van der Waals surface area contributed by atoms with Crippen LogP contribution in [0, 0.1) is 12.7 Å². The van der Waals surface area contributed by atoms with Crippen LogP contribution in [0.15, 0.2) is 77.7 Å². The fourth-order valence-corrected chi connectivity index (χ4v) is 5.89. The van der Waals surface area contributed by atoms with Crippen molar-refractivity contribution in [2.24, 2.45) is 0 Å². The van der Waals surface area contributed by atoms with E-state index in [2.05, 4.69) is 5.32 Å². The number of amides is 2. The molecule has 2 amide bonds. The minimum atomic E-state index is -4.20. The van der Waals surface area contributed by atoms with Crippen LogP contribution in [0.3, 0.4) is 0 Å². The minimum absolute atomic E-state index is 0.00816. The molecule has 3 rings (SSSR count). The van der Waals surface area contributed by atoms with Crippen LogP contribution in [0.2, 0.25) is 5.02 Å². The Kier molecular flexibility index (Phi) is 10.7. The molecule has 0 unspecified atom stereocenters. The number of rotatable bonds is 12. The maximum absolute atomic E-state index is 14.1. The van der Waals surface area contributed by atoms with Gasteiger partial charge in [-0.25, -0.2) is 12.8 Å². The van der Waals surface area contributed by atoms with Crippen LogP contribution in [-0.4, -0.2) is 43.8 Å². The molecule has 0 spiro atoms. The summed E-state index contributed by atoms with van der Waals surface area (Å²) >= 11 is 6.25. The average molecular weight is 588 g/mol. The monoisotopic (exact) mass is 587 g/mol. The second kappa shape index (κ2) is 13.8. The third-order valence-corrected chi connectivity index (χ3v) is 8.71. The predicted molar refractivity (Wildman–Crippen MR) is 156 cm³/mol. The number of halogens is 2. The van der Waals surface area contributed by atoms with E-state index in [1.807, 2.05) is 13.8 Å². The molecule has 2 atom stereocenters. The topological polar surface area (TPSA) is 86.8 Å². The fraction of sp³-hybridized carbons (Fsp3) is 0.333. The number of anilines is 1. The maximum atomic E-state index is 14.1. The van der Waals surface area contributed by atoms with Crippen LogP contribution in [-0.2, 0) is 26.2 Å². The van der Waals surface area contributed by atoms with Gasteiger partial charge < -0.3 is 10.2 Å². The highest BCUT2D eigenvalue weighted by atomic mass is 35.5. The number of nitrogens with one attached hydrogen (secondary N) is 1. The smallest absolute Gasteiger partial charge is 0.264 e. The van der Waals surface area contributed by atoms with Gasteiger partial charge in [0.15, 0.2) is 0 Å². The van der Waals surface area contributed by atoms with Crippen molar-refractivity contribution in [2.75, 3.05) is 10.8 Å². The minimum Gasteiger partial charge on any atom is -0.352 e. The highest BCUT2D eigenvalue weighted by Gasteiger charge is 2.34. The van der Waals surface area contributed by atoms with E-state index in [9.17, 15) is 22.4 Å². The number of carbonyl (C=O) groups excluding carboxylic acids is 2. The van der Waals surface area contributed by atoms with Crippen LogP contribution in [0.25, 0.3) is 0 Å². The zero-order valence-electron chi connectivity index (χ0n) is 23.1. The Morgan fingerprint density at radius 3 is 2.23 bits per heavy atom. The van der Waals surface area contributed by atoms with Gasteiger partial charge in [-0.1, -0.05) is 61.8 Å². The number of nitrogens with zero attached hydrogens (tertiary/aromatic N) is 2. The summed E-state index contributed by atoms with van der Waals surface area (Å²) in [5.41, 5.74) is 1.45. The van der Waals surface area contributed by atoms with Crippen LogP contribution in [0.1, 0.15) is 44.7 Å². The first-order valence-electron chi connectivity index (χ1n) is 13.2. The molecule has 0 bridgehead atoms. The van der Waals surface area contributed by atoms with Crippen molar-refractivity contribution in [1.29, 1.82) is 0 Å². The van der Waals surface area contributed by atoms with E-state index in [1.54, 1.807) is 44.2 Å². The van der Waals surface area contributed by atoms with Gasteiger partial charge in [-0.15, -0.1) is 0 Å². The lowest BCUT2D eigenvalue weighted by Crippen LogP contribution is -2.53. The molecule has 0 heterocycles. The Hall–Kier alpha value is -3.43. The molecule has 3 aromatic carbocycles. The molecule has 7 nitrogen and oxygen atoms in total. The van der Waals surface area contributed by atoms with Crippen LogP contribution in [0.4, 0.5) is 10.1 Å². The fourth-order valence-electron chi connectivity index (χ4n) is 4.23. The molecule has 0 aliphatic rings. The van der Waals surface area contributed by atoms with Gasteiger partial charge in [0.2, 0.25) is 11.8 Å². The Balaban J connectivity index is 2.08. The van der Waals surface area contributed by atoms with E-state index in [0.717, 1.165) is 4.31 Å². The van der Waals surface area contributed by atoms with E-state index in [1.165, 1.54) is 47.4 Å². The Bertz CT molecular complexity index is 1420. The highest BCUT2D eigenvalue weighted by Crippen LogP contribution is 2.30. The van der Waals surface area contributed by atoms with Crippen molar-refractivity contribution >= 4 is 39.1 Å². The van der Waals surface area contributed by atoms with Gasteiger partial charge >= 0.3 is 0 Å². The van der Waals surface area contributed by atoms with E-state index >= 15 is 0 Å². The van der Waals surface area contributed by atoms with Crippen molar-refractivity contribution in [3.05, 3.63) is 94.8 Å². The van der Waals surface area contributed by atoms with E-state index in [-0.39, 0.29) is 35.5 Å². The molecule has 0 aliphatic heterocycles. The molecule has 0 fully saturated rings. The molecule has 10 heteroatoms. The quantitative estimate of drug-likeness (QED) is 0.294. The van der Waals surface area contributed by atoms with E-state index in [4.69, 9.17) is 11.6 Å². The molecule has 40 heavy (non-hydrogen) atoms. The summed E-state index contributed by atoms with van der Waals surface area (Å²) in [6.45, 7) is 6.73. The molecule has 0 saturated carbocycles. The largest absolute Gasteiger partial charge is 0.352 e. The molecule has 0 aliphatic carbocycles. The van der Waals surface area contributed by atoms with Gasteiger partial charge in [0, 0.05) is 17.6 Å². The van der Waals surface area contributed by atoms with Crippen molar-refractivity contribution < 1.29 is 22.4 Å². The molecular formula is C30H35ClFN3O4S. The molecule has 1 N–H and O–H groups in total. The molecule has 214 valence electrons. The van der Waals surface area contributed by atoms with Crippen LogP contribution in [0.5, 0.6) is 0 Å². The SMILES string of the molecule is CC[C@@H](C)NC(=O)[C@@H](CC)N(Cc1ccc(F)cc1)C(=O)CN(c1cc(Cl)ccc1C)S(=O)(=O)c1ccccc1. The zero-order valence-corrected chi connectivity index (χ0v) is 24.7. The summed E-state index contributed by atoms with van der Waals surface area (Å²) < 4.78 is 42.4. The van der Waals surface area contributed by atoms with E-state index in [0.29, 0.717) is 22.6 Å². The number of sulfonamides is 1. The van der Waals surface area contributed by atoms with Crippen molar-refractivity contribution in [3.8, 4) is 0 Å². The molecule has 3 aromatic rings. The summed E-state index contributed by atoms with van der Waals surface area (Å²) in [4.78, 5) is 28.7. The maximum Gasteiger partial charge on any atom is 0.264 e. The molecule has 0 radical (unpaired) electrons. The summed E-state index contributed by atoms with van der Waals surface area (Å²) in [7, 11) is -4.20. The van der Waals surface area contributed by atoms with Gasteiger partial charge in [-0.3, -0.25) is 13.9 Å². The Morgan fingerprint density at radius 2 is 1.62 bits per heavy atom. The van der Waals surface area contributed by atoms with Crippen LogP contribution >= 0.6 is 11.6 Å². The number of benzene rings is 3. The predicted octanol–water partition coefficient (Wildman–Crippen LogP) is 5.70. The Labute approximate surface area is 241 Å². The second-order valence-electron chi connectivity index (χ2n) is 9.65. The number of carbonyl (C=O) groups is 2. The first-order chi connectivity index (χ1) is 19.0. The van der Waals surface area contributed by atoms with Gasteiger partial charge in [0.05, 0.1) is 10.6 Å². The first kappa shape index (κ1) is 31.1. The van der Waals surface area contributed by atoms with Gasteiger partial charge in [0.1, 0.15) is 18.4 Å². The average Bonchev–Trinajstić information content (AvgIpc) is 2.94. The zero-order chi connectivity index (χ0) is 29.4. The van der Waals surface area contributed by atoms with Gasteiger partial charge in [-0.05, 0) is 74.2 Å². The summed E-state index contributed by atoms with van der Waals surface area (Å²) in [6.07, 6.45) is 0.988. The van der Waals surface area contributed by atoms with E-state index < -0.39 is 34.3 Å². The summed E-state index contributed by atoms with van der Waals surface area (Å²) in [6, 6.07) is 17.3. The number of hydrogen-bond acceptors (Lipinski definition) is 4. The van der Waals surface area contributed by atoms with Gasteiger partial charge in [-0.2, -0.15) is 0 Å². The lowest BCUT2D eigenvalue weighted by molar-refractivity contribution is -0.140. The molecular weight excluding hydrogens is 553 g/mol. The van der Waals surface area contributed by atoms with Crippen molar-refractivity contribution in [2.45, 2.75) is 64.1 Å². The Morgan fingerprint density at radius 1 is 0.975 bits per heavy atom. The third-order valence-electron chi connectivity index (χ3n) is 6.70. The summed E-state index contributed by atoms with van der Waals surface area (Å²) in [5.74, 6) is -1.36. The summed E-state index contributed by atoms with van der Waals surface area (Å²) in [5, 5.41) is 3.24. The molecule has 0 saturated heterocycles. The highest BCUT2D eigenvalue weighted by molar-refractivity contribution is 7.92. The van der Waals surface area contributed by atoms with Gasteiger partial charge in [0.25, 0.3) is 10.0 Å². The number of hydrogen-bond donors (Lipinski definition) is 1.